The number of amides is 4. The predicted molar refractivity (Wildman–Crippen MR) is 151 cm³/mol. The monoisotopic (exact) mass is 528 g/mol. The second-order valence-corrected chi connectivity index (χ2v) is 10.6. The minimum absolute atomic E-state index is 0.00684. The molecule has 2 aliphatic heterocycles. The summed E-state index contributed by atoms with van der Waals surface area (Å²) in [5.41, 5.74) is 1.79. The molecule has 0 aliphatic carbocycles. The second kappa shape index (κ2) is 11.8. The van der Waals surface area contributed by atoms with E-state index in [1.54, 1.807) is 6.92 Å². The van der Waals surface area contributed by atoms with E-state index >= 15 is 0 Å². The maximum Gasteiger partial charge on any atom is 0.407 e. The zero-order valence-corrected chi connectivity index (χ0v) is 22.4. The number of hydrogen-bond donors (Lipinski definition) is 2. The fraction of sp³-hybridized carbons (Fsp3) is 0.387. The summed E-state index contributed by atoms with van der Waals surface area (Å²) in [6, 6.07) is 22.9. The molecule has 4 amide bonds. The van der Waals surface area contributed by atoms with Gasteiger partial charge in [0.15, 0.2) is 0 Å². The first-order valence-electron chi connectivity index (χ1n) is 13.8. The molecule has 1 unspecified atom stereocenters. The number of ether oxygens (including phenoxy) is 1. The topological polar surface area (TPSA) is 91.0 Å². The van der Waals surface area contributed by atoms with Gasteiger partial charge < -0.3 is 25.2 Å². The van der Waals surface area contributed by atoms with E-state index in [0.717, 1.165) is 41.3 Å². The largest absolute Gasteiger partial charge is 0.450 e. The minimum atomic E-state index is -0.687. The van der Waals surface area contributed by atoms with Crippen molar-refractivity contribution in [3.05, 3.63) is 78.4 Å². The van der Waals surface area contributed by atoms with E-state index in [-0.39, 0.29) is 24.0 Å². The number of alkyl carbamates (subject to hydrolysis) is 1. The number of fused-ring (bicyclic) bond motifs is 1. The van der Waals surface area contributed by atoms with E-state index in [9.17, 15) is 14.4 Å². The number of rotatable bonds is 6. The number of carbonyl (C=O) groups is 3. The van der Waals surface area contributed by atoms with Crippen LogP contribution in [0.2, 0.25) is 0 Å². The van der Waals surface area contributed by atoms with Crippen molar-refractivity contribution >= 4 is 34.5 Å². The van der Waals surface area contributed by atoms with Crippen molar-refractivity contribution in [1.29, 1.82) is 0 Å². The zero-order chi connectivity index (χ0) is 27.2. The highest BCUT2D eigenvalue weighted by Gasteiger charge is 2.44. The van der Waals surface area contributed by atoms with Gasteiger partial charge in [-0.1, -0.05) is 66.7 Å². The van der Waals surface area contributed by atoms with E-state index < -0.39 is 12.1 Å². The molecule has 0 bridgehead atoms. The summed E-state index contributed by atoms with van der Waals surface area (Å²) < 4.78 is 5.07. The van der Waals surface area contributed by atoms with Gasteiger partial charge in [-0.05, 0) is 48.6 Å². The van der Waals surface area contributed by atoms with Crippen LogP contribution in [0, 0.1) is 5.41 Å². The molecule has 0 saturated carbocycles. The van der Waals surface area contributed by atoms with E-state index in [0.29, 0.717) is 32.6 Å². The van der Waals surface area contributed by atoms with Crippen LogP contribution in [0.5, 0.6) is 0 Å². The Hall–Kier alpha value is -4.07. The summed E-state index contributed by atoms with van der Waals surface area (Å²) in [4.78, 5) is 42.7. The van der Waals surface area contributed by atoms with Crippen LogP contribution in [0.3, 0.4) is 0 Å². The molecule has 2 saturated heterocycles. The van der Waals surface area contributed by atoms with Crippen molar-refractivity contribution in [2.45, 2.75) is 38.6 Å². The van der Waals surface area contributed by atoms with Crippen molar-refractivity contribution in [2.75, 3.05) is 38.1 Å². The average molecular weight is 529 g/mol. The van der Waals surface area contributed by atoms with Crippen LogP contribution < -0.4 is 10.6 Å². The lowest BCUT2D eigenvalue weighted by atomic mass is 9.78. The SMILES string of the molecule is CCOC(=O)NC(Cc1ccccc1)C(=O)N1CCC2(CCN(C(=O)Nc3cccc4ccccc34)CC2)C1. The van der Waals surface area contributed by atoms with E-state index in [1.165, 1.54) is 0 Å². The molecule has 0 aromatic heterocycles. The van der Waals surface area contributed by atoms with Crippen LogP contribution >= 0.6 is 0 Å². The van der Waals surface area contributed by atoms with Gasteiger partial charge in [0.2, 0.25) is 5.91 Å². The van der Waals surface area contributed by atoms with Gasteiger partial charge in [-0.25, -0.2) is 9.59 Å². The lowest BCUT2D eigenvalue weighted by Gasteiger charge is -2.39. The van der Waals surface area contributed by atoms with Gasteiger partial charge in [0.1, 0.15) is 6.04 Å². The zero-order valence-electron chi connectivity index (χ0n) is 22.4. The van der Waals surface area contributed by atoms with Gasteiger partial charge in [-0.2, -0.15) is 0 Å². The molecule has 2 N–H and O–H groups in total. The third-order valence-electron chi connectivity index (χ3n) is 8.04. The van der Waals surface area contributed by atoms with Crippen molar-refractivity contribution in [2.24, 2.45) is 5.41 Å². The first-order chi connectivity index (χ1) is 19.0. The van der Waals surface area contributed by atoms with E-state index in [2.05, 4.69) is 10.6 Å². The Morgan fingerprint density at radius 3 is 2.28 bits per heavy atom. The van der Waals surface area contributed by atoms with Gasteiger partial charge in [0.05, 0.1) is 12.3 Å². The number of hydrogen-bond acceptors (Lipinski definition) is 4. The maximum atomic E-state index is 13.6. The molecule has 2 fully saturated rings. The molecule has 8 nitrogen and oxygen atoms in total. The summed E-state index contributed by atoms with van der Waals surface area (Å²) in [7, 11) is 0. The fourth-order valence-electron chi connectivity index (χ4n) is 5.83. The van der Waals surface area contributed by atoms with Crippen molar-refractivity contribution < 1.29 is 19.1 Å². The number of carbonyl (C=O) groups excluding carboxylic acids is 3. The van der Waals surface area contributed by atoms with Crippen LogP contribution in [0.25, 0.3) is 10.8 Å². The number of benzene rings is 3. The summed E-state index contributed by atoms with van der Waals surface area (Å²) in [6.07, 6.45) is 2.41. The van der Waals surface area contributed by atoms with Gasteiger partial charge in [-0.15, -0.1) is 0 Å². The lowest BCUT2D eigenvalue weighted by Crippen LogP contribution is -2.50. The molecule has 204 valence electrons. The Bertz CT molecular complexity index is 1320. The molecule has 2 aliphatic rings. The van der Waals surface area contributed by atoms with Gasteiger partial charge in [0.25, 0.3) is 0 Å². The first kappa shape index (κ1) is 26.5. The number of likely N-dealkylation sites (tertiary alicyclic amines) is 2. The summed E-state index contributed by atoms with van der Waals surface area (Å²) in [5, 5.41) is 7.99. The van der Waals surface area contributed by atoms with Crippen LogP contribution in [0.4, 0.5) is 15.3 Å². The Kier molecular flexibility index (Phi) is 8.00. The third kappa shape index (κ3) is 6.16. The van der Waals surface area contributed by atoms with Crippen LogP contribution in [0.1, 0.15) is 31.7 Å². The molecule has 39 heavy (non-hydrogen) atoms. The highest BCUT2D eigenvalue weighted by atomic mass is 16.5. The molecule has 1 atom stereocenters. The minimum Gasteiger partial charge on any atom is -0.450 e. The molecule has 3 aromatic rings. The van der Waals surface area contributed by atoms with Crippen molar-refractivity contribution in [3.63, 3.8) is 0 Å². The smallest absolute Gasteiger partial charge is 0.407 e. The molecule has 3 aromatic carbocycles. The number of urea groups is 1. The van der Waals surface area contributed by atoms with Crippen molar-refractivity contribution in [1.82, 2.24) is 15.1 Å². The number of piperidine rings is 1. The molecule has 8 heteroatoms. The van der Waals surface area contributed by atoms with Gasteiger partial charge in [-0.3, -0.25) is 4.79 Å². The molecule has 5 rings (SSSR count). The Morgan fingerprint density at radius 2 is 1.54 bits per heavy atom. The highest BCUT2D eigenvalue weighted by molar-refractivity contribution is 6.01. The van der Waals surface area contributed by atoms with Crippen molar-refractivity contribution in [3.8, 4) is 0 Å². The molecule has 1 spiro atoms. The highest BCUT2D eigenvalue weighted by Crippen LogP contribution is 2.41. The molecular formula is C31H36N4O4. The molecule has 0 radical (unpaired) electrons. The quantitative estimate of drug-likeness (QED) is 0.469. The molecular weight excluding hydrogens is 492 g/mol. The summed E-state index contributed by atoms with van der Waals surface area (Å²) in [5.74, 6) is -0.0834. The summed E-state index contributed by atoms with van der Waals surface area (Å²) in [6.45, 7) is 4.57. The average Bonchev–Trinajstić information content (AvgIpc) is 3.37. The molecule has 2 heterocycles. The fourth-order valence-corrected chi connectivity index (χ4v) is 5.83. The normalized spacial score (nSPS) is 17.2. The lowest BCUT2D eigenvalue weighted by molar-refractivity contribution is -0.132. The summed E-state index contributed by atoms with van der Waals surface area (Å²) >= 11 is 0. The van der Waals surface area contributed by atoms with Crippen LogP contribution in [-0.2, 0) is 16.0 Å². The van der Waals surface area contributed by atoms with Crippen LogP contribution in [0.15, 0.2) is 72.8 Å². The Labute approximate surface area is 229 Å². The van der Waals surface area contributed by atoms with E-state index in [1.807, 2.05) is 82.6 Å². The second-order valence-electron chi connectivity index (χ2n) is 10.6. The number of nitrogens with one attached hydrogen (secondary N) is 2. The predicted octanol–water partition coefficient (Wildman–Crippen LogP) is 5.04. The Morgan fingerprint density at radius 1 is 0.872 bits per heavy atom. The van der Waals surface area contributed by atoms with E-state index in [4.69, 9.17) is 4.74 Å². The van der Waals surface area contributed by atoms with Crippen LogP contribution in [-0.4, -0.2) is 66.7 Å². The Balaban J connectivity index is 1.19. The third-order valence-corrected chi connectivity index (χ3v) is 8.04. The van der Waals surface area contributed by atoms with Gasteiger partial charge >= 0.3 is 12.1 Å². The maximum absolute atomic E-state index is 13.6. The first-order valence-corrected chi connectivity index (χ1v) is 13.8. The number of nitrogens with zero attached hydrogens (tertiary/aromatic N) is 2. The number of anilines is 1. The van der Waals surface area contributed by atoms with Gasteiger partial charge in [0, 0.05) is 38.0 Å². The standard InChI is InChI=1S/C31H36N4O4/c1-2-39-30(38)33-27(21-23-9-4-3-5-10-23)28(36)35-20-17-31(22-35)15-18-34(19-16-31)29(37)32-26-14-8-12-24-11-6-7-13-25(24)26/h3-14,27H,2,15-22H2,1H3,(H,32,37)(H,33,38).